The van der Waals surface area contributed by atoms with Gasteiger partial charge in [0, 0.05) is 35.1 Å². The molecule has 0 saturated carbocycles. The van der Waals surface area contributed by atoms with Crippen LogP contribution in [0.1, 0.15) is 22.3 Å². The van der Waals surface area contributed by atoms with Crippen molar-refractivity contribution in [1.29, 1.82) is 0 Å². The molecular weight excluding hydrogens is 336 g/mol. The largest absolute Gasteiger partial charge is 0.265 e. The molecule has 0 unspecified atom stereocenters. The molecular formula is C23H18N2S. The van der Waals surface area contributed by atoms with E-state index >= 15 is 0 Å². The van der Waals surface area contributed by atoms with Crippen LogP contribution in [0.4, 0.5) is 0 Å². The van der Waals surface area contributed by atoms with Gasteiger partial charge in [-0.2, -0.15) is 0 Å². The molecule has 0 aliphatic heterocycles. The van der Waals surface area contributed by atoms with E-state index in [4.69, 9.17) is 0 Å². The van der Waals surface area contributed by atoms with Crippen LogP contribution in [0.15, 0.2) is 84.8 Å². The van der Waals surface area contributed by atoms with Gasteiger partial charge in [0.05, 0.1) is 0 Å². The molecule has 3 aromatic heterocycles. The Labute approximate surface area is 157 Å². The topological polar surface area (TPSA) is 25.8 Å². The highest BCUT2D eigenvalue weighted by molar-refractivity contribution is 7.14. The summed E-state index contributed by atoms with van der Waals surface area (Å²) in [5, 5.41) is 2.23. The molecule has 4 aromatic rings. The molecule has 0 radical (unpaired) electrons. The van der Waals surface area contributed by atoms with Crippen molar-refractivity contribution in [2.24, 2.45) is 0 Å². The van der Waals surface area contributed by atoms with Crippen LogP contribution >= 0.6 is 11.3 Å². The van der Waals surface area contributed by atoms with Gasteiger partial charge in [0.15, 0.2) is 0 Å². The highest BCUT2D eigenvalue weighted by atomic mass is 32.1. The lowest BCUT2D eigenvalue weighted by Crippen LogP contribution is -2.30. The molecule has 0 bridgehead atoms. The van der Waals surface area contributed by atoms with Crippen molar-refractivity contribution in [1.82, 2.24) is 9.97 Å². The average molecular weight is 354 g/mol. The van der Waals surface area contributed by atoms with Crippen molar-refractivity contribution in [3.8, 4) is 10.4 Å². The molecule has 3 heterocycles. The molecule has 0 amide bonds. The van der Waals surface area contributed by atoms with Crippen molar-refractivity contribution in [2.45, 2.75) is 18.3 Å². The van der Waals surface area contributed by atoms with Crippen molar-refractivity contribution in [3.63, 3.8) is 0 Å². The summed E-state index contributed by atoms with van der Waals surface area (Å²) >= 11 is 1.85. The maximum atomic E-state index is 4.20. The van der Waals surface area contributed by atoms with Gasteiger partial charge in [-0.1, -0.05) is 24.3 Å². The molecule has 0 fully saturated rings. The lowest BCUT2D eigenvalue weighted by Gasteiger charge is -2.32. The Kier molecular flexibility index (Phi) is 3.68. The molecule has 0 atom stereocenters. The highest BCUT2D eigenvalue weighted by Gasteiger charge is 2.43. The summed E-state index contributed by atoms with van der Waals surface area (Å²) in [5.41, 5.74) is 6.88. The van der Waals surface area contributed by atoms with E-state index < -0.39 is 0 Å². The number of nitrogens with zero attached hydrogens (tertiary/aromatic N) is 2. The second-order valence-corrected chi connectivity index (χ2v) is 7.77. The minimum absolute atomic E-state index is 0.0470. The summed E-state index contributed by atoms with van der Waals surface area (Å²) in [7, 11) is 0. The van der Waals surface area contributed by atoms with E-state index in [1.807, 2.05) is 36.1 Å². The summed E-state index contributed by atoms with van der Waals surface area (Å²) < 4.78 is 0. The molecule has 1 aliphatic rings. The van der Waals surface area contributed by atoms with Gasteiger partial charge in [-0.15, -0.1) is 11.3 Å². The standard InChI is InChI=1S/C23H18N2S/c1-2-4-20-19(3-1)22-21(9-14-26-22)23(20,15-17-5-10-24-11-6-17)16-18-7-12-25-13-8-18/h1-14H,15-16H2. The summed E-state index contributed by atoms with van der Waals surface area (Å²) in [4.78, 5) is 9.82. The fourth-order valence-electron chi connectivity index (χ4n) is 4.28. The lowest BCUT2D eigenvalue weighted by molar-refractivity contribution is 0.520. The number of pyridine rings is 2. The van der Waals surface area contributed by atoms with Crippen molar-refractivity contribution >= 4 is 11.3 Å². The van der Waals surface area contributed by atoms with Gasteiger partial charge in [-0.25, -0.2) is 0 Å². The Morgan fingerprint density at radius 1 is 0.692 bits per heavy atom. The first-order valence-corrected chi connectivity index (χ1v) is 9.70. The molecule has 2 nitrogen and oxygen atoms in total. The van der Waals surface area contributed by atoms with Crippen LogP contribution in [0.2, 0.25) is 0 Å². The smallest absolute Gasteiger partial charge is 0.0387 e. The molecule has 3 heteroatoms. The molecule has 0 saturated heterocycles. The third kappa shape index (κ3) is 2.39. The monoisotopic (exact) mass is 354 g/mol. The van der Waals surface area contributed by atoms with E-state index in [1.54, 1.807) is 0 Å². The Morgan fingerprint density at radius 3 is 1.96 bits per heavy atom. The quantitative estimate of drug-likeness (QED) is 0.498. The second-order valence-electron chi connectivity index (χ2n) is 6.86. The van der Waals surface area contributed by atoms with Gasteiger partial charge >= 0.3 is 0 Å². The predicted molar refractivity (Wildman–Crippen MR) is 106 cm³/mol. The van der Waals surface area contributed by atoms with Gasteiger partial charge in [0.25, 0.3) is 0 Å². The maximum Gasteiger partial charge on any atom is 0.0387 e. The van der Waals surface area contributed by atoms with Gasteiger partial charge in [-0.05, 0) is 76.4 Å². The fraction of sp³-hybridized carbons (Fsp3) is 0.130. The van der Waals surface area contributed by atoms with Crippen LogP contribution in [-0.2, 0) is 18.3 Å². The molecule has 1 aromatic carbocycles. The number of aromatic nitrogens is 2. The number of rotatable bonds is 4. The van der Waals surface area contributed by atoms with Crippen LogP contribution in [0.5, 0.6) is 0 Å². The first kappa shape index (κ1) is 15.5. The first-order chi connectivity index (χ1) is 12.9. The molecule has 26 heavy (non-hydrogen) atoms. The van der Waals surface area contributed by atoms with Crippen LogP contribution in [0.25, 0.3) is 10.4 Å². The SMILES string of the molecule is c1ccc2c(c1)-c1sccc1C2(Cc1ccncc1)Cc1ccncc1. The van der Waals surface area contributed by atoms with Crippen molar-refractivity contribution < 1.29 is 0 Å². The summed E-state index contributed by atoms with van der Waals surface area (Å²) in [5.74, 6) is 0. The van der Waals surface area contributed by atoms with Gasteiger partial charge in [-0.3, -0.25) is 9.97 Å². The molecule has 0 spiro atoms. The van der Waals surface area contributed by atoms with E-state index in [1.165, 1.54) is 32.7 Å². The second kappa shape index (κ2) is 6.19. The third-order valence-electron chi connectivity index (χ3n) is 5.38. The Morgan fingerprint density at radius 2 is 1.31 bits per heavy atom. The van der Waals surface area contributed by atoms with Crippen LogP contribution < -0.4 is 0 Å². The van der Waals surface area contributed by atoms with E-state index in [9.17, 15) is 0 Å². The predicted octanol–water partition coefficient (Wildman–Crippen LogP) is 5.29. The summed E-state index contributed by atoms with van der Waals surface area (Å²) in [6, 6.07) is 19.8. The van der Waals surface area contributed by atoms with Crippen molar-refractivity contribution in [2.75, 3.05) is 0 Å². The highest BCUT2D eigenvalue weighted by Crippen LogP contribution is 2.54. The third-order valence-corrected chi connectivity index (χ3v) is 6.33. The number of fused-ring (bicyclic) bond motifs is 3. The zero-order valence-corrected chi connectivity index (χ0v) is 15.1. The van der Waals surface area contributed by atoms with Gasteiger partial charge < -0.3 is 0 Å². The number of thiophene rings is 1. The summed E-state index contributed by atoms with van der Waals surface area (Å²) in [6.45, 7) is 0. The molecule has 5 rings (SSSR count). The first-order valence-electron chi connectivity index (χ1n) is 8.82. The minimum atomic E-state index is -0.0470. The zero-order valence-electron chi connectivity index (χ0n) is 14.3. The lowest BCUT2D eigenvalue weighted by atomic mass is 9.70. The Balaban J connectivity index is 1.72. The zero-order chi connectivity index (χ0) is 17.4. The average Bonchev–Trinajstić information content (AvgIpc) is 3.27. The number of hydrogen-bond donors (Lipinski definition) is 0. The Hall–Kier alpha value is -2.78. The van der Waals surface area contributed by atoms with Gasteiger partial charge in [0.2, 0.25) is 0 Å². The number of hydrogen-bond acceptors (Lipinski definition) is 3. The van der Waals surface area contributed by atoms with Crippen molar-refractivity contribution in [3.05, 3.63) is 107 Å². The maximum absolute atomic E-state index is 4.20. The van der Waals surface area contributed by atoms with Crippen LogP contribution in [0.3, 0.4) is 0 Å². The minimum Gasteiger partial charge on any atom is -0.265 e. The van der Waals surface area contributed by atoms with Crippen LogP contribution in [0, 0.1) is 0 Å². The fourth-order valence-corrected chi connectivity index (χ4v) is 5.32. The van der Waals surface area contributed by atoms with E-state index in [-0.39, 0.29) is 5.41 Å². The van der Waals surface area contributed by atoms with E-state index in [0.717, 1.165) is 12.8 Å². The molecule has 0 N–H and O–H groups in total. The summed E-state index contributed by atoms with van der Waals surface area (Å²) in [6.07, 6.45) is 9.52. The van der Waals surface area contributed by atoms with Crippen LogP contribution in [-0.4, -0.2) is 9.97 Å². The molecule has 126 valence electrons. The van der Waals surface area contributed by atoms with E-state index in [0.29, 0.717) is 0 Å². The number of benzene rings is 1. The van der Waals surface area contributed by atoms with E-state index in [2.05, 4.69) is 69.9 Å². The molecule has 1 aliphatic carbocycles. The Bertz CT molecular complexity index is 997. The normalized spacial score (nSPS) is 14.0. The van der Waals surface area contributed by atoms with Gasteiger partial charge in [0.1, 0.15) is 0 Å².